The van der Waals surface area contributed by atoms with Gasteiger partial charge >= 0.3 is 71.1 Å². The molecule has 0 aromatic rings. The summed E-state index contributed by atoms with van der Waals surface area (Å²) in [6, 6.07) is 0. The molecule has 0 aliphatic rings. The van der Waals surface area contributed by atoms with Crippen molar-refractivity contribution in [2.45, 2.75) is 142 Å². The third-order valence-corrected chi connectivity index (χ3v) is 6.78. The summed E-state index contributed by atoms with van der Waals surface area (Å²) in [6.07, 6.45) is 17.2. The Morgan fingerprint density at radius 2 is 1.12 bits per heavy atom. The Labute approximate surface area is 292 Å². The van der Waals surface area contributed by atoms with Crippen molar-refractivity contribution in [2.24, 2.45) is 0 Å². The minimum Gasteiger partial charge on any atom is -0.790 e. The van der Waals surface area contributed by atoms with Crippen molar-refractivity contribution < 1.29 is 102 Å². The summed E-state index contributed by atoms with van der Waals surface area (Å²) >= 11 is 0. The van der Waals surface area contributed by atoms with E-state index in [1.54, 1.807) is 0 Å². The number of phosphoric acid groups is 1. The van der Waals surface area contributed by atoms with Crippen LogP contribution in [-0.4, -0.2) is 43.7 Å². The molecule has 1 atom stereocenters. The van der Waals surface area contributed by atoms with E-state index in [0.717, 1.165) is 70.8 Å². The van der Waals surface area contributed by atoms with Gasteiger partial charge in [-0.25, -0.2) is 0 Å². The number of esters is 2. The first-order valence-electron chi connectivity index (χ1n) is 14.9. The third kappa shape index (κ3) is 36.6. The number of carbonyl (C=O) groups excluding carboxylic acids is 3. The average Bonchev–Trinajstić information content (AvgIpc) is 2.87. The molecule has 0 fully saturated rings. The van der Waals surface area contributed by atoms with Crippen LogP contribution in [0, 0.1) is 0 Å². The molecule has 1 N–H and O–H groups in total. The first-order chi connectivity index (χ1) is 18.6. The van der Waals surface area contributed by atoms with E-state index in [-0.39, 0.29) is 84.5 Å². The molecule has 10 nitrogen and oxygen atoms in total. The molecule has 0 unspecified atom stereocenters. The molecular weight excluding hydrogens is 571 g/mol. The van der Waals surface area contributed by atoms with E-state index in [4.69, 9.17) is 9.47 Å². The summed E-state index contributed by atoms with van der Waals surface area (Å²) in [5.74, 6) is -0.971. The standard InChI is InChI=1S/C28H54NO9P.2Na/c1-3-4-5-6-14-18-21-28(32)38-26(24-37-39(33,34)35)23-36-27(31)20-17-15-12-10-8-7-9-11-13-16-19-22-29-25(2)30;;/h26H,3-24H2,1-2H3,(H,29,30)(H2,33,34,35);;/q;2*+1/p-2/t26-;;/m0../s1. The summed E-state index contributed by atoms with van der Waals surface area (Å²) < 4.78 is 25.4. The van der Waals surface area contributed by atoms with Crippen LogP contribution in [0.5, 0.6) is 0 Å². The Bertz CT molecular complexity index is 695. The van der Waals surface area contributed by atoms with Crippen molar-refractivity contribution in [3.8, 4) is 0 Å². The smallest absolute Gasteiger partial charge is 0.790 e. The summed E-state index contributed by atoms with van der Waals surface area (Å²) in [4.78, 5) is 56.6. The average molecular weight is 624 g/mol. The number of amides is 1. The fraction of sp³-hybridized carbons (Fsp3) is 0.893. The van der Waals surface area contributed by atoms with Gasteiger partial charge in [-0.15, -0.1) is 0 Å². The molecule has 0 aromatic carbocycles. The number of nitrogens with one attached hydrogen (secondary N) is 1. The van der Waals surface area contributed by atoms with Crippen molar-refractivity contribution in [3.05, 3.63) is 0 Å². The monoisotopic (exact) mass is 623 g/mol. The van der Waals surface area contributed by atoms with E-state index in [9.17, 15) is 28.7 Å². The van der Waals surface area contributed by atoms with Gasteiger partial charge in [0.15, 0.2) is 6.10 Å². The molecule has 0 saturated carbocycles. The van der Waals surface area contributed by atoms with Gasteiger partial charge in [0.25, 0.3) is 0 Å². The quantitative estimate of drug-likeness (QED) is 0.0518. The van der Waals surface area contributed by atoms with Crippen molar-refractivity contribution in [2.75, 3.05) is 19.8 Å². The van der Waals surface area contributed by atoms with E-state index in [2.05, 4.69) is 16.8 Å². The molecule has 230 valence electrons. The second kappa shape index (κ2) is 31.9. The number of hydrogen-bond donors (Lipinski definition) is 1. The molecule has 0 spiro atoms. The minimum atomic E-state index is -5.24. The molecule has 0 saturated heterocycles. The zero-order chi connectivity index (χ0) is 29.2. The molecule has 0 rings (SSSR count). The van der Waals surface area contributed by atoms with Gasteiger partial charge < -0.3 is 33.7 Å². The second-order valence-electron chi connectivity index (χ2n) is 10.2. The van der Waals surface area contributed by atoms with E-state index < -0.39 is 32.5 Å². The van der Waals surface area contributed by atoms with Crippen LogP contribution in [0.3, 0.4) is 0 Å². The molecule has 0 bridgehead atoms. The van der Waals surface area contributed by atoms with Crippen molar-refractivity contribution in [1.29, 1.82) is 0 Å². The molecule has 0 aromatic heterocycles. The Kier molecular flexibility index (Phi) is 35.8. The van der Waals surface area contributed by atoms with Gasteiger partial charge in [-0.3, -0.25) is 14.4 Å². The minimum absolute atomic E-state index is 0. The van der Waals surface area contributed by atoms with Gasteiger partial charge in [-0.1, -0.05) is 96.8 Å². The Hall–Kier alpha value is 0.520. The maximum atomic E-state index is 12.1. The molecular formula is C28H52NNa2O9P. The number of phosphoric ester groups is 1. The van der Waals surface area contributed by atoms with Gasteiger partial charge in [-0.05, 0) is 19.3 Å². The van der Waals surface area contributed by atoms with Crippen LogP contribution in [0.4, 0.5) is 0 Å². The van der Waals surface area contributed by atoms with Crippen LogP contribution >= 0.6 is 7.82 Å². The number of unbranched alkanes of at least 4 members (excludes halogenated alkanes) is 15. The van der Waals surface area contributed by atoms with Gasteiger partial charge in [0, 0.05) is 26.3 Å². The molecule has 13 heteroatoms. The Morgan fingerprint density at radius 3 is 1.59 bits per heavy atom. The summed E-state index contributed by atoms with van der Waals surface area (Å²) in [5.41, 5.74) is 0. The fourth-order valence-electron chi connectivity index (χ4n) is 4.09. The molecule has 0 heterocycles. The molecule has 0 aliphatic heterocycles. The van der Waals surface area contributed by atoms with Crippen LogP contribution in [-0.2, 0) is 32.9 Å². The fourth-order valence-corrected chi connectivity index (χ4v) is 4.44. The zero-order valence-electron chi connectivity index (χ0n) is 26.3. The third-order valence-electron chi connectivity index (χ3n) is 6.31. The van der Waals surface area contributed by atoms with Gasteiger partial charge in [0.2, 0.25) is 5.91 Å². The van der Waals surface area contributed by atoms with E-state index >= 15 is 0 Å². The van der Waals surface area contributed by atoms with E-state index in [0.29, 0.717) is 12.8 Å². The first kappa shape index (κ1) is 45.9. The normalized spacial score (nSPS) is 11.6. The van der Waals surface area contributed by atoms with E-state index in [1.165, 1.54) is 39.0 Å². The van der Waals surface area contributed by atoms with Gasteiger partial charge in [0.1, 0.15) is 6.61 Å². The predicted octanol–water partition coefficient (Wildman–Crippen LogP) is -1.14. The second-order valence-corrected chi connectivity index (χ2v) is 11.3. The number of ether oxygens (including phenoxy) is 2. The van der Waals surface area contributed by atoms with Crippen molar-refractivity contribution >= 4 is 25.7 Å². The van der Waals surface area contributed by atoms with Crippen LogP contribution in [0.1, 0.15) is 136 Å². The number of carbonyl (C=O) groups is 3. The van der Waals surface area contributed by atoms with Crippen LogP contribution in [0.15, 0.2) is 0 Å². The van der Waals surface area contributed by atoms with Crippen LogP contribution in [0.25, 0.3) is 0 Å². The largest absolute Gasteiger partial charge is 1.00 e. The molecule has 41 heavy (non-hydrogen) atoms. The van der Waals surface area contributed by atoms with E-state index in [1.807, 2.05) is 0 Å². The summed E-state index contributed by atoms with van der Waals surface area (Å²) in [6.45, 7) is 3.40. The predicted molar refractivity (Wildman–Crippen MR) is 146 cm³/mol. The zero-order valence-corrected chi connectivity index (χ0v) is 31.1. The Balaban J connectivity index is -0.00000722. The van der Waals surface area contributed by atoms with Crippen molar-refractivity contribution in [3.63, 3.8) is 0 Å². The molecule has 0 radical (unpaired) electrons. The molecule has 1 amide bonds. The number of rotatable bonds is 27. The topological polar surface area (TPSA) is 154 Å². The summed E-state index contributed by atoms with van der Waals surface area (Å²) in [5, 5.41) is 2.81. The summed E-state index contributed by atoms with van der Waals surface area (Å²) in [7, 11) is -5.24. The Morgan fingerprint density at radius 1 is 0.683 bits per heavy atom. The van der Waals surface area contributed by atoms with Gasteiger partial charge in [0.05, 0.1) is 14.4 Å². The number of hydrogen-bond acceptors (Lipinski definition) is 9. The SMILES string of the molecule is CCCCCCCCC(=O)O[C@@H](COC(=O)CCCCCCCCCCCCCNC(C)=O)COP(=O)([O-])[O-].[Na+].[Na+]. The van der Waals surface area contributed by atoms with Gasteiger partial charge in [-0.2, -0.15) is 0 Å². The first-order valence-corrected chi connectivity index (χ1v) is 16.4. The van der Waals surface area contributed by atoms with Crippen LogP contribution < -0.4 is 74.2 Å². The van der Waals surface area contributed by atoms with Crippen LogP contribution in [0.2, 0.25) is 0 Å². The maximum Gasteiger partial charge on any atom is 1.00 e. The maximum absolute atomic E-state index is 12.1. The molecule has 0 aliphatic carbocycles. The van der Waals surface area contributed by atoms with Crippen molar-refractivity contribution in [1.82, 2.24) is 5.32 Å².